The number of rotatable bonds is 4. The molecule has 116 valence electrons. The van der Waals surface area contributed by atoms with E-state index in [1.54, 1.807) is 6.20 Å². The zero-order chi connectivity index (χ0) is 15.5. The third kappa shape index (κ3) is 3.85. The van der Waals surface area contributed by atoms with E-state index in [9.17, 15) is 8.78 Å². The monoisotopic (exact) mass is 340 g/mol. The smallest absolute Gasteiger partial charge is 0.187 e. The molecule has 1 aromatic heterocycles. The van der Waals surface area contributed by atoms with Crippen LogP contribution in [-0.4, -0.2) is 23.2 Å². The Morgan fingerprint density at radius 2 is 2.14 bits per heavy atom. The van der Waals surface area contributed by atoms with Crippen LogP contribution in [0.25, 0.3) is 0 Å². The highest BCUT2D eigenvalue weighted by molar-refractivity contribution is 7.80. The molecule has 0 spiro atoms. The molecule has 2 heterocycles. The van der Waals surface area contributed by atoms with E-state index in [4.69, 9.17) is 17.0 Å². The molecule has 1 aromatic carbocycles. The van der Waals surface area contributed by atoms with Crippen LogP contribution in [0.1, 0.15) is 16.9 Å². The van der Waals surface area contributed by atoms with Crippen molar-refractivity contribution < 1.29 is 13.5 Å². The summed E-state index contributed by atoms with van der Waals surface area (Å²) in [5.41, 5.74) is 0.583. The highest BCUT2D eigenvalue weighted by Gasteiger charge is 2.21. The predicted octanol–water partition coefficient (Wildman–Crippen LogP) is 3.79. The fraction of sp³-hybridized carbons (Fsp3) is 0.333. The minimum atomic E-state index is -0.569. The summed E-state index contributed by atoms with van der Waals surface area (Å²) in [6.07, 6.45) is 3.06. The lowest BCUT2D eigenvalue weighted by Crippen LogP contribution is -2.20. The molecule has 0 saturated carbocycles. The fourth-order valence-corrected chi connectivity index (χ4v) is 3.52. The zero-order valence-electron chi connectivity index (χ0n) is 11.6. The van der Waals surface area contributed by atoms with Crippen molar-refractivity contribution >= 4 is 33.7 Å². The molecule has 3 rings (SSSR count). The molecule has 1 atom stereocenters. The van der Waals surface area contributed by atoms with Crippen LogP contribution in [0.2, 0.25) is 0 Å². The number of anilines is 1. The van der Waals surface area contributed by atoms with E-state index >= 15 is 0 Å². The number of halogens is 2. The van der Waals surface area contributed by atoms with Crippen molar-refractivity contribution in [3.8, 4) is 0 Å². The minimum absolute atomic E-state index is 0.236. The Balaban J connectivity index is 1.64. The Morgan fingerprint density at radius 3 is 2.82 bits per heavy atom. The second-order valence-corrected chi connectivity index (χ2v) is 6.69. The van der Waals surface area contributed by atoms with E-state index < -0.39 is 11.6 Å². The first-order valence-electron chi connectivity index (χ1n) is 6.88. The van der Waals surface area contributed by atoms with Crippen LogP contribution in [-0.2, 0) is 11.2 Å². The van der Waals surface area contributed by atoms with Crippen LogP contribution >= 0.6 is 23.6 Å². The standard InChI is InChI=1S/C15H14F2N2OS2/c16-11-3-9(4-12(17)6-11)5-13-7-18-15(22-13)19-14(21)10-1-2-20-8-10/h3-4,6-7,10H,1-2,5,8H2,(H,18,19,21). The number of benzene rings is 1. The molecule has 2 aromatic rings. The third-order valence-corrected chi connectivity index (χ3v) is 4.73. The van der Waals surface area contributed by atoms with Gasteiger partial charge in [-0.15, -0.1) is 11.3 Å². The maximum absolute atomic E-state index is 13.2. The topological polar surface area (TPSA) is 34.2 Å². The first-order chi connectivity index (χ1) is 10.6. The van der Waals surface area contributed by atoms with E-state index in [-0.39, 0.29) is 5.92 Å². The van der Waals surface area contributed by atoms with Crippen LogP contribution in [0.5, 0.6) is 0 Å². The molecule has 3 nitrogen and oxygen atoms in total. The van der Waals surface area contributed by atoms with Crippen molar-refractivity contribution in [1.82, 2.24) is 4.98 Å². The predicted molar refractivity (Wildman–Crippen MR) is 86.4 cm³/mol. The summed E-state index contributed by atoms with van der Waals surface area (Å²) in [6, 6.07) is 3.53. The largest absolute Gasteiger partial charge is 0.381 e. The van der Waals surface area contributed by atoms with Gasteiger partial charge in [0.2, 0.25) is 0 Å². The number of nitrogens with one attached hydrogen (secondary N) is 1. The lowest BCUT2D eigenvalue weighted by Gasteiger charge is -2.09. The van der Waals surface area contributed by atoms with Crippen molar-refractivity contribution in [1.29, 1.82) is 0 Å². The molecule has 1 unspecified atom stereocenters. The molecule has 0 aliphatic carbocycles. The SMILES string of the molecule is Fc1cc(F)cc(Cc2cnc(NC(=S)C3CCOC3)s2)c1. The van der Waals surface area contributed by atoms with Crippen LogP contribution in [0.4, 0.5) is 13.9 Å². The Labute approximate surface area is 136 Å². The van der Waals surface area contributed by atoms with Crippen LogP contribution in [0.3, 0.4) is 0 Å². The normalized spacial score (nSPS) is 17.6. The molecule has 1 aliphatic heterocycles. The summed E-state index contributed by atoms with van der Waals surface area (Å²) in [6.45, 7) is 1.38. The summed E-state index contributed by atoms with van der Waals surface area (Å²) in [5, 5.41) is 3.82. The van der Waals surface area contributed by atoms with Crippen molar-refractivity contribution in [2.24, 2.45) is 5.92 Å². The van der Waals surface area contributed by atoms with Gasteiger partial charge >= 0.3 is 0 Å². The third-order valence-electron chi connectivity index (χ3n) is 3.38. The Morgan fingerprint density at radius 1 is 1.36 bits per heavy atom. The summed E-state index contributed by atoms with van der Waals surface area (Å²) in [7, 11) is 0. The molecular formula is C15H14F2N2OS2. The lowest BCUT2D eigenvalue weighted by molar-refractivity contribution is 0.193. The van der Waals surface area contributed by atoms with E-state index in [1.807, 2.05) is 0 Å². The van der Waals surface area contributed by atoms with Gasteiger partial charge in [-0.3, -0.25) is 0 Å². The quantitative estimate of drug-likeness (QED) is 0.859. The van der Waals surface area contributed by atoms with Gasteiger partial charge in [0, 0.05) is 36.1 Å². The van der Waals surface area contributed by atoms with Crippen LogP contribution in [0, 0.1) is 17.6 Å². The minimum Gasteiger partial charge on any atom is -0.381 e. The number of hydrogen-bond donors (Lipinski definition) is 1. The number of thiazole rings is 1. The number of hydrogen-bond acceptors (Lipinski definition) is 4. The van der Waals surface area contributed by atoms with Gasteiger partial charge in [-0.25, -0.2) is 13.8 Å². The van der Waals surface area contributed by atoms with Gasteiger partial charge in [0.05, 0.1) is 11.6 Å². The molecule has 7 heteroatoms. The number of nitrogens with zero attached hydrogens (tertiary/aromatic N) is 1. The first-order valence-corrected chi connectivity index (χ1v) is 8.11. The Kier molecular flexibility index (Phi) is 4.75. The van der Waals surface area contributed by atoms with Crippen molar-refractivity contribution in [2.45, 2.75) is 12.8 Å². The van der Waals surface area contributed by atoms with Gasteiger partial charge in [-0.2, -0.15) is 0 Å². The lowest BCUT2D eigenvalue weighted by atomic mass is 10.1. The van der Waals surface area contributed by atoms with Crippen molar-refractivity contribution in [2.75, 3.05) is 18.5 Å². The maximum Gasteiger partial charge on any atom is 0.187 e. The average molecular weight is 340 g/mol. The van der Waals surface area contributed by atoms with Gasteiger partial charge in [-0.05, 0) is 24.1 Å². The molecule has 1 saturated heterocycles. The molecule has 1 fully saturated rings. The second kappa shape index (κ2) is 6.76. The molecule has 0 amide bonds. The zero-order valence-corrected chi connectivity index (χ0v) is 13.3. The molecule has 0 bridgehead atoms. The highest BCUT2D eigenvalue weighted by atomic mass is 32.1. The van der Waals surface area contributed by atoms with Crippen molar-refractivity contribution in [3.63, 3.8) is 0 Å². The Hall–Kier alpha value is -1.44. The van der Waals surface area contributed by atoms with Gasteiger partial charge < -0.3 is 10.1 Å². The first kappa shape index (κ1) is 15.5. The van der Waals surface area contributed by atoms with Crippen molar-refractivity contribution in [3.05, 3.63) is 46.5 Å². The number of ether oxygens (including phenoxy) is 1. The van der Waals surface area contributed by atoms with E-state index in [2.05, 4.69) is 10.3 Å². The van der Waals surface area contributed by atoms with Gasteiger partial charge in [0.25, 0.3) is 0 Å². The number of aromatic nitrogens is 1. The van der Waals surface area contributed by atoms with Gasteiger partial charge in [0.1, 0.15) is 11.6 Å². The average Bonchev–Trinajstić information content (AvgIpc) is 3.09. The maximum atomic E-state index is 13.2. The Bertz CT molecular complexity index is 664. The van der Waals surface area contributed by atoms with Gasteiger partial charge in [-0.1, -0.05) is 12.2 Å². The summed E-state index contributed by atoms with van der Waals surface area (Å²) >= 11 is 6.78. The second-order valence-electron chi connectivity index (χ2n) is 5.14. The molecule has 22 heavy (non-hydrogen) atoms. The van der Waals surface area contributed by atoms with E-state index in [1.165, 1.54) is 23.5 Å². The molecule has 0 radical (unpaired) electrons. The van der Waals surface area contributed by atoms with Crippen LogP contribution in [0.15, 0.2) is 24.4 Å². The summed E-state index contributed by atoms with van der Waals surface area (Å²) in [4.78, 5) is 5.91. The molecular weight excluding hydrogens is 326 g/mol. The molecule has 1 N–H and O–H groups in total. The fourth-order valence-electron chi connectivity index (χ4n) is 2.31. The molecule has 1 aliphatic rings. The van der Waals surface area contributed by atoms with Gasteiger partial charge in [0.15, 0.2) is 5.13 Å². The summed E-state index contributed by atoms with van der Waals surface area (Å²) in [5.74, 6) is -0.903. The number of thiocarbonyl (C=S) groups is 1. The van der Waals surface area contributed by atoms with Crippen LogP contribution < -0.4 is 5.32 Å². The van der Waals surface area contributed by atoms with E-state index in [0.717, 1.165) is 29.0 Å². The summed E-state index contributed by atoms with van der Waals surface area (Å²) < 4.78 is 31.7. The van der Waals surface area contributed by atoms with E-state index in [0.29, 0.717) is 23.7 Å². The highest BCUT2D eigenvalue weighted by Crippen LogP contribution is 2.24.